The summed E-state index contributed by atoms with van der Waals surface area (Å²) in [5.41, 5.74) is 0.855. The monoisotopic (exact) mass is 310 g/mol. The Bertz CT molecular complexity index is 401. The predicted octanol–water partition coefficient (Wildman–Crippen LogP) is 3.48. The second-order valence-corrected chi connectivity index (χ2v) is 6.45. The summed E-state index contributed by atoms with van der Waals surface area (Å²) < 4.78 is 0. The zero-order valence-electron chi connectivity index (χ0n) is 14.1. The predicted molar refractivity (Wildman–Crippen MR) is 87.9 cm³/mol. The van der Waals surface area contributed by atoms with Gasteiger partial charge in [-0.15, -0.1) is 0 Å². The van der Waals surface area contributed by atoms with Crippen LogP contribution in [0.2, 0.25) is 0 Å². The second-order valence-electron chi connectivity index (χ2n) is 6.45. The highest BCUT2D eigenvalue weighted by atomic mass is 16.5. The van der Waals surface area contributed by atoms with Crippen molar-refractivity contribution in [3.8, 4) is 0 Å². The van der Waals surface area contributed by atoms with Gasteiger partial charge in [0.1, 0.15) is 11.5 Å². The minimum Gasteiger partial charge on any atom is -0.506 e. The number of unbranched alkanes of at least 4 members (excludes halogenated alkanes) is 7. The summed E-state index contributed by atoms with van der Waals surface area (Å²) in [6.45, 7) is 3.53. The van der Waals surface area contributed by atoms with Gasteiger partial charge in [0, 0.05) is 25.8 Å². The van der Waals surface area contributed by atoms with Gasteiger partial charge >= 0.3 is 0 Å². The van der Waals surface area contributed by atoms with Crippen LogP contribution in [-0.4, -0.2) is 22.1 Å². The fraction of sp³-hybridized carbons (Fsp3) is 0.722. The highest BCUT2D eigenvalue weighted by Gasteiger charge is 2.29. The van der Waals surface area contributed by atoms with Crippen LogP contribution in [0.4, 0.5) is 0 Å². The molecule has 0 saturated carbocycles. The van der Waals surface area contributed by atoms with E-state index in [1.807, 2.05) is 6.92 Å². The van der Waals surface area contributed by atoms with Crippen molar-refractivity contribution in [2.75, 3.05) is 0 Å². The van der Waals surface area contributed by atoms with Crippen LogP contribution in [0, 0.1) is 0 Å². The number of hydrogen-bond acceptors (Lipinski definition) is 3. The number of aliphatic hydroxyl groups is 1. The number of quaternary nitrogens is 1. The number of nitrogens with one attached hydrogen (secondary N) is 1. The van der Waals surface area contributed by atoms with E-state index < -0.39 is 0 Å². The first-order valence-corrected chi connectivity index (χ1v) is 8.65. The molecule has 2 unspecified atom stereocenters. The van der Waals surface area contributed by atoms with E-state index in [1.54, 1.807) is 19.1 Å². The van der Waals surface area contributed by atoms with Crippen molar-refractivity contribution in [2.45, 2.75) is 84.1 Å². The van der Waals surface area contributed by atoms with Crippen LogP contribution >= 0.6 is 0 Å². The Balaban J connectivity index is 1.99. The second kappa shape index (κ2) is 10.6. The molecule has 1 heterocycles. The Morgan fingerprint density at radius 1 is 1.05 bits per heavy atom. The topological polar surface area (TPSA) is 62.0 Å². The summed E-state index contributed by atoms with van der Waals surface area (Å²) in [4.78, 5) is 10.8. The Kier molecular flexibility index (Phi) is 9.09. The molecule has 22 heavy (non-hydrogen) atoms. The normalized spacial score (nSPS) is 21.4. The van der Waals surface area contributed by atoms with Crippen LogP contribution in [0.1, 0.15) is 78.1 Å². The molecule has 0 fully saturated rings. The molecule has 0 radical (unpaired) electrons. The van der Waals surface area contributed by atoms with Crippen molar-refractivity contribution in [1.29, 1.82) is 0 Å². The maximum Gasteiger partial charge on any atom is 0.179 e. The van der Waals surface area contributed by atoms with Crippen LogP contribution < -0.4 is 5.06 Å². The van der Waals surface area contributed by atoms with Crippen molar-refractivity contribution < 1.29 is 20.2 Å². The fourth-order valence-electron chi connectivity index (χ4n) is 2.89. The lowest BCUT2D eigenvalue weighted by Crippen LogP contribution is -3.12. The van der Waals surface area contributed by atoms with E-state index in [0.717, 1.165) is 44.2 Å². The molecule has 0 aromatic carbocycles. The Morgan fingerprint density at radius 2 is 1.59 bits per heavy atom. The Morgan fingerprint density at radius 3 is 2.18 bits per heavy atom. The maximum absolute atomic E-state index is 10.8. The lowest BCUT2D eigenvalue weighted by Gasteiger charge is -2.23. The third-order valence-corrected chi connectivity index (χ3v) is 4.37. The van der Waals surface area contributed by atoms with Crippen molar-refractivity contribution in [3.05, 3.63) is 23.6 Å². The van der Waals surface area contributed by atoms with Crippen LogP contribution in [0.15, 0.2) is 23.6 Å². The molecule has 0 aromatic rings. The molecule has 0 aromatic heterocycles. The molecule has 3 N–H and O–H groups in total. The largest absolute Gasteiger partial charge is 0.506 e. The summed E-state index contributed by atoms with van der Waals surface area (Å²) >= 11 is 0. The summed E-state index contributed by atoms with van der Waals surface area (Å²) in [6, 6.07) is -0.198. The van der Waals surface area contributed by atoms with Crippen LogP contribution in [0.5, 0.6) is 0 Å². The van der Waals surface area contributed by atoms with Crippen molar-refractivity contribution in [1.82, 2.24) is 0 Å². The lowest BCUT2D eigenvalue weighted by molar-refractivity contribution is -1.07. The number of carbonyl (C=O) groups excluding carboxylic acids is 1. The van der Waals surface area contributed by atoms with E-state index >= 15 is 0 Å². The van der Waals surface area contributed by atoms with Gasteiger partial charge in [-0.3, -0.25) is 0 Å². The molecule has 0 amide bonds. The van der Waals surface area contributed by atoms with Crippen LogP contribution in [0.3, 0.4) is 0 Å². The molecular weight excluding hydrogens is 278 g/mol. The van der Waals surface area contributed by atoms with E-state index in [9.17, 15) is 15.1 Å². The van der Waals surface area contributed by atoms with Gasteiger partial charge in [0.05, 0.1) is 0 Å². The van der Waals surface area contributed by atoms with Gasteiger partial charge < -0.3 is 9.90 Å². The average molecular weight is 310 g/mol. The minimum absolute atomic E-state index is 0.198. The van der Waals surface area contributed by atoms with Crippen molar-refractivity contribution >= 4 is 5.78 Å². The standard InChI is InChI=1S/C18H31NO3/c1-15-13-14-18(21)17(19(15)22)12-10-8-6-4-3-5-7-9-11-16(2)20/h13-14,17,21-22H,3-12H2,1-2H3/p+1. The fourth-order valence-corrected chi connectivity index (χ4v) is 2.89. The van der Waals surface area contributed by atoms with Crippen LogP contribution in [-0.2, 0) is 4.79 Å². The number of hydrogen-bond donors (Lipinski definition) is 3. The quantitative estimate of drug-likeness (QED) is 0.512. The third kappa shape index (κ3) is 7.23. The zero-order valence-corrected chi connectivity index (χ0v) is 14.1. The highest BCUT2D eigenvalue weighted by Crippen LogP contribution is 2.14. The molecule has 0 saturated heterocycles. The molecule has 126 valence electrons. The number of ketones is 1. The number of Topliss-reactive ketones (excluding diaryl/α,β-unsaturated/α-hetero) is 1. The molecule has 1 aliphatic rings. The van der Waals surface area contributed by atoms with Gasteiger partial charge in [-0.2, -0.15) is 5.06 Å². The smallest absolute Gasteiger partial charge is 0.179 e. The molecule has 4 heteroatoms. The van der Waals surface area contributed by atoms with Crippen molar-refractivity contribution in [3.63, 3.8) is 0 Å². The highest BCUT2D eigenvalue weighted by molar-refractivity contribution is 5.75. The van der Waals surface area contributed by atoms with Gasteiger partial charge in [-0.05, 0) is 25.8 Å². The van der Waals surface area contributed by atoms with E-state index in [4.69, 9.17) is 0 Å². The zero-order chi connectivity index (χ0) is 16.4. The van der Waals surface area contributed by atoms with Crippen LogP contribution in [0.25, 0.3) is 0 Å². The van der Waals surface area contributed by atoms with E-state index in [-0.39, 0.29) is 11.8 Å². The van der Waals surface area contributed by atoms with Gasteiger partial charge in [-0.1, -0.05) is 38.5 Å². The molecule has 0 spiro atoms. The Hall–Kier alpha value is -1.13. The molecule has 1 aliphatic heterocycles. The number of aliphatic hydroxyl groups excluding tert-OH is 1. The molecule has 2 atom stereocenters. The lowest BCUT2D eigenvalue weighted by atomic mass is 10.0. The third-order valence-electron chi connectivity index (χ3n) is 4.37. The molecule has 0 aliphatic carbocycles. The molecule has 4 nitrogen and oxygen atoms in total. The number of hydroxylamine groups is 2. The van der Waals surface area contributed by atoms with E-state index in [1.165, 1.54) is 25.7 Å². The average Bonchev–Trinajstić information content (AvgIpc) is 2.48. The van der Waals surface area contributed by atoms with E-state index in [0.29, 0.717) is 10.8 Å². The molecular formula is C18H32NO3+. The first kappa shape index (κ1) is 18.9. The van der Waals surface area contributed by atoms with E-state index in [2.05, 4.69) is 0 Å². The van der Waals surface area contributed by atoms with Gasteiger partial charge in [0.2, 0.25) is 0 Å². The number of allylic oxidation sites excluding steroid dienone is 3. The number of carbonyl (C=O) groups is 1. The first-order valence-electron chi connectivity index (χ1n) is 8.65. The van der Waals surface area contributed by atoms with Gasteiger partial charge in [-0.25, -0.2) is 5.21 Å². The van der Waals surface area contributed by atoms with Crippen molar-refractivity contribution in [2.24, 2.45) is 0 Å². The summed E-state index contributed by atoms with van der Waals surface area (Å²) in [5.74, 6) is 0.582. The molecule has 1 rings (SSSR count). The first-order chi connectivity index (χ1) is 10.5. The summed E-state index contributed by atoms with van der Waals surface area (Å²) in [6.07, 6.45) is 14.3. The van der Waals surface area contributed by atoms with Gasteiger partial charge in [0.15, 0.2) is 11.8 Å². The minimum atomic E-state index is -0.198. The van der Waals surface area contributed by atoms with Gasteiger partial charge in [0.25, 0.3) is 0 Å². The SMILES string of the molecule is CC(=O)CCCCCCCCCCC1C(O)=CC=C(C)[NH+]1O. The molecule has 0 bridgehead atoms. The Labute approximate surface area is 134 Å². The summed E-state index contributed by atoms with van der Waals surface area (Å²) in [5, 5.41) is 20.1. The number of rotatable bonds is 11. The maximum atomic E-state index is 10.8. The summed E-state index contributed by atoms with van der Waals surface area (Å²) in [7, 11) is 0.